The molecule has 1 saturated heterocycles. The van der Waals surface area contributed by atoms with E-state index < -0.39 is 5.91 Å². The summed E-state index contributed by atoms with van der Waals surface area (Å²) in [6, 6.07) is 0. The number of aliphatic imine (C=N–C) groups is 1. The topological polar surface area (TPSA) is 163 Å². The van der Waals surface area contributed by atoms with Crippen molar-refractivity contribution in [3.05, 3.63) is 29.1 Å². The molecule has 2 aromatic rings. The third kappa shape index (κ3) is 8.83. The Bertz CT molecular complexity index is 961. The first-order valence-electron chi connectivity index (χ1n) is 12.0. The van der Waals surface area contributed by atoms with Crippen molar-refractivity contribution in [3.63, 3.8) is 0 Å². The number of guanidine groups is 1. The maximum atomic E-state index is 12.4. The van der Waals surface area contributed by atoms with Crippen LogP contribution in [0.1, 0.15) is 61.3 Å². The normalized spacial score (nSPS) is 15.3. The number of likely N-dealkylation sites (tertiary alicyclic amines) is 1. The van der Waals surface area contributed by atoms with Gasteiger partial charge in [0.15, 0.2) is 22.5 Å². The molecule has 11 nitrogen and oxygen atoms in total. The molecule has 0 spiro atoms. The molecule has 1 aliphatic rings. The van der Waals surface area contributed by atoms with E-state index in [9.17, 15) is 4.79 Å². The van der Waals surface area contributed by atoms with E-state index in [2.05, 4.69) is 40.0 Å². The Labute approximate surface area is 215 Å². The number of aryl methyl sites for hydroxylation is 1. The van der Waals surface area contributed by atoms with Gasteiger partial charge < -0.3 is 21.4 Å². The number of nitrogens with zero attached hydrogens (tertiary/aromatic N) is 5. The van der Waals surface area contributed by atoms with Gasteiger partial charge in [-0.2, -0.15) is 0 Å². The Morgan fingerprint density at radius 1 is 1.17 bits per heavy atom. The van der Waals surface area contributed by atoms with Crippen LogP contribution in [0.3, 0.4) is 0 Å². The first kappa shape index (κ1) is 27.0. The number of nitrogens with one attached hydrogen (secondary N) is 3. The summed E-state index contributed by atoms with van der Waals surface area (Å²) in [5.74, 6) is 1.16. The molecule has 7 N–H and O–H groups in total. The zero-order valence-corrected chi connectivity index (χ0v) is 21.3. The van der Waals surface area contributed by atoms with Crippen LogP contribution in [0.2, 0.25) is 5.15 Å². The second kappa shape index (κ2) is 14.1. The first-order chi connectivity index (χ1) is 17.0. The number of nitrogens with two attached hydrogens (primary N) is 2. The van der Waals surface area contributed by atoms with Crippen molar-refractivity contribution in [1.82, 2.24) is 35.0 Å². The number of amides is 1. The summed E-state index contributed by atoms with van der Waals surface area (Å²) in [6.45, 7) is 4.06. The van der Waals surface area contributed by atoms with Crippen LogP contribution in [0.15, 0.2) is 17.4 Å². The number of anilines is 2. The van der Waals surface area contributed by atoms with Crippen LogP contribution in [0.25, 0.3) is 0 Å². The van der Waals surface area contributed by atoms with Gasteiger partial charge in [0.2, 0.25) is 5.96 Å². The second-order valence-corrected chi connectivity index (χ2v) is 9.23. The third-order valence-corrected chi connectivity index (χ3v) is 6.59. The molecular formula is C22H34Cl2N10O. The zero-order valence-electron chi connectivity index (χ0n) is 19.8. The van der Waals surface area contributed by atoms with Gasteiger partial charge >= 0.3 is 0 Å². The van der Waals surface area contributed by atoms with Crippen molar-refractivity contribution in [3.8, 4) is 0 Å². The lowest BCUT2D eigenvalue weighted by molar-refractivity contribution is 0.0972. The molecule has 192 valence electrons. The molecule has 1 fully saturated rings. The molecule has 0 aliphatic carbocycles. The van der Waals surface area contributed by atoms with Crippen LogP contribution < -0.4 is 21.6 Å². The molecule has 13 heteroatoms. The number of aromatic nitrogens is 4. The molecule has 0 atom stereocenters. The first-order valence-corrected chi connectivity index (χ1v) is 12.7. The minimum atomic E-state index is -0.628. The Kier molecular flexibility index (Phi) is 10.8. The molecule has 0 bridgehead atoms. The summed E-state index contributed by atoms with van der Waals surface area (Å²) in [4.78, 5) is 36.7. The average molecular weight is 525 g/mol. The van der Waals surface area contributed by atoms with Crippen LogP contribution in [0.5, 0.6) is 0 Å². The maximum Gasteiger partial charge on any atom is 0.280 e. The monoisotopic (exact) mass is 524 g/mol. The lowest BCUT2D eigenvalue weighted by Crippen LogP contribution is -2.38. The number of carbonyl (C=O) groups is 1. The van der Waals surface area contributed by atoms with Crippen molar-refractivity contribution in [2.75, 3.05) is 37.6 Å². The summed E-state index contributed by atoms with van der Waals surface area (Å²) < 4.78 is 0. The fourth-order valence-electron chi connectivity index (χ4n) is 4.17. The number of aromatic amines is 1. The molecule has 3 heterocycles. The van der Waals surface area contributed by atoms with Crippen LogP contribution in [0.4, 0.5) is 11.6 Å². The van der Waals surface area contributed by atoms with Crippen LogP contribution >= 0.6 is 23.4 Å². The summed E-state index contributed by atoms with van der Waals surface area (Å²) in [7, 11) is 0. The number of nitrogen functional groups attached to an aromatic ring is 2. The van der Waals surface area contributed by atoms with Crippen molar-refractivity contribution >= 4 is 46.9 Å². The molecule has 35 heavy (non-hydrogen) atoms. The fraction of sp³-hybridized carbons (Fsp3) is 0.591. The van der Waals surface area contributed by atoms with Gasteiger partial charge in [-0.05, 0) is 57.7 Å². The van der Waals surface area contributed by atoms with E-state index in [1.165, 1.54) is 51.7 Å². The lowest BCUT2D eigenvalue weighted by Gasteiger charge is -2.32. The highest BCUT2D eigenvalue weighted by atomic mass is 35.5. The molecular weight excluding hydrogens is 491 g/mol. The van der Waals surface area contributed by atoms with E-state index in [1.54, 1.807) is 0 Å². The molecule has 0 unspecified atom stereocenters. The standard InChI is InChI=1S/C22H34Cl2N10O/c23-18-20(26)31-19(25)17(30-18)21(35)32-22(33-24)29-9-3-1-5-15-7-13-34(14-8-15)12-4-2-6-16-27-10-11-28-16/h10-11,15H,1-9,12-14H2,(H,27,28)(H4,25,26,31)(H2,29,32,33,35). The smallest absolute Gasteiger partial charge is 0.280 e. The number of carbonyl (C=O) groups excluding carboxylic acids is 1. The number of imidazole rings is 1. The number of hydrogen-bond acceptors (Lipinski definition) is 8. The van der Waals surface area contributed by atoms with Crippen LogP contribution in [-0.4, -0.2) is 62.9 Å². The van der Waals surface area contributed by atoms with Crippen molar-refractivity contribution in [2.45, 2.75) is 51.4 Å². The molecule has 0 radical (unpaired) electrons. The minimum Gasteiger partial charge on any atom is -0.382 e. The fourth-order valence-corrected chi connectivity index (χ4v) is 4.40. The predicted molar refractivity (Wildman–Crippen MR) is 139 cm³/mol. The van der Waals surface area contributed by atoms with Crippen molar-refractivity contribution < 1.29 is 4.79 Å². The van der Waals surface area contributed by atoms with Gasteiger partial charge in [-0.15, -0.1) is 0 Å². The number of halogens is 2. The molecule has 2 aromatic heterocycles. The van der Waals surface area contributed by atoms with Gasteiger partial charge in [-0.1, -0.05) is 24.4 Å². The highest BCUT2D eigenvalue weighted by molar-refractivity contribution is 6.32. The van der Waals surface area contributed by atoms with Crippen molar-refractivity contribution in [2.24, 2.45) is 10.9 Å². The number of piperidine rings is 1. The molecule has 1 amide bonds. The van der Waals surface area contributed by atoms with E-state index in [0.717, 1.165) is 31.0 Å². The Hall–Kier alpha value is -2.63. The summed E-state index contributed by atoms with van der Waals surface area (Å²) >= 11 is 11.5. The number of rotatable bonds is 11. The maximum absolute atomic E-state index is 12.4. The van der Waals surface area contributed by atoms with E-state index in [-0.39, 0.29) is 28.4 Å². The van der Waals surface area contributed by atoms with Gasteiger partial charge in [0.1, 0.15) is 5.82 Å². The Morgan fingerprint density at radius 2 is 1.97 bits per heavy atom. The molecule has 3 rings (SSSR count). The lowest BCUT2D eigenvalue weighted by atomic mass is 9.91. The third-order valence-electron chi connectivity index (χ3n) is 6.13. The van der Waals surface area contributed by atoms with Crippen LogP contribution in [0, 0.1) is 5.92 Å². The van der Waals surface area contributed by atoms with Crippen LogP contribution in [-0.2, 0) is 6.42 Å². The van der Waals surface area contributed by atoms with Gasteiger partial charge in [0, 0.05) is 37.1 Å². The number of unbranched alkanes of at least 4 members (excludes halogenated alkanes) is 2. The van der Waals surface area contributed by atoms with E-state index in [1.807, 2.05) is 12.4 Å². The van der Waals surface area contributed by atoms with Gasteiger partial charge in [-0.25, -0.2) is 15.0 Å². The van der Waals surface area contributed by atoms with Gasteiger partial charge in [0.25, 0.3) is 5.91 Å². The van der Waals surface area contributed by atoms with E-state index >= 15 is 0 Å². The summed E-state index contributed by atoms with van der Waals surface area (Å²) in [5.41, 5.74) is 11.1. The Morgan fingerprint density at radius 3 is 2.69 bits per heavy atom. The molecule has 1 aliphatic heterocycles. The Balaban J connectivity index is 1.28. The number of H-pyrrole nitrogens is 1. The van der Waals surface area contributed by atoms with E-state index in [0.29, 0.717) is 6.54 Å². The minimum absolute atomic E-state index is 0.0446. The quantitative estimate of drug-likeness (QED) is 0.129. The van der Waals surface area contributed by atoms with Gasteiger partial charge in [-0.3, -0.25) is 19.9 Å². The summed E-state index contributed by atoms with van der Waals surface area (Å²) in [6.07, 6.45) is 12.8. The molecule has 0 aromatic carbocycles. The van der Waals surface area contributed by atoms with Crippen molar-refractivity contribution in [1.29, 1.82) is 0 Å². The van der Waals surface area contributed by atoms with E-state index in [4.69, 9.17) is 34.8 Å². The second-order valence-electron chi connectivity index (χ2n) is 8.69. The highest BCUT2D eigenvalue weighted by Gasteiger charge is 2.19. The average Bonchev–Trinajstić information content (AvgIpc) is 3.37. The van der Waals surface area contributed by atoms with Gasteiger partial charge in [0.05, 0.1) is 0 Å². The predicted octanol–water partition coefficient (Wildman–Crippen LogP) is 2.75. The highest BCUT2D eigenvalue weighted by Crippen LogP contribution is 2.23. The SMILES string of the molecule is Nc1nc(N)c(C(=O)NC(=NCCCCC2CCN(CCCCc3ncc[nH]3)CC2)NCl)nc1Cl. The number of hydrogen-bond donors (Lipinski definition) is 5. The summed E-state index contributed by atoms with van der Waals surface area (Å²) in [5, 5.41) is 2.42. The molecule has 0 saturated carbocycles. The largest absolute Gasteiger partial charge is 0.382 e. The zero-order chi connectivity index (χ0) is 25.0.